The van der Waals surface area contributed by atoms with Crippen molar-refractivity contribution in [3.8, 4) is 0 Å². The molecule has 1 heterocycles. The van der Waals surface area contributed by atoms with E-state index in [1.54, 1.807) is 6.20 Å². The Labute approximate surface area is 144 Å². The fraction of sp³-hybridized carbons (Fsp3) is 0.400. The van der Waals surface area contributed by atoms with E-state index in [1.165, 1.54) is 17.5 Å². The Balaban J connectivity index is 1.83. The van der Waals surface area contributed by atoms with E-state index in [9.17, 15) is 4.79 Å². The van der Waals surface area contributed by atoms with Gasteiger partial charge in [-0.3, -0.25) is 9.78 Å². The quantitative estimate of drug-likeness (QED) is 0.697. The number of primary amides is 1. The zero-order chi connectivity index (χ0) is 17.4. The number of hydrogen-bond donors (Lipinski definition) is 2. The van der Waals surface area contributed by atoms with Gasteiger partial charge in [-0.1, -0.05) is 44.2 Å². The second-order valence-corrected chi connectivity index (χ2v) is 6.65. The Morgan fingerprint density at radius 1 is 1.08 bits per heavy atom. The van der Waals surface area contributed by atoms with Crippen molar-refractivity contribution in [1.82, 2.24) is 10.3 Å². The van der Waals surface area contributed by atoms with Crippen molar-refractivity contribution in [3.05, 3.63) is 65.0 Å². The number of rotatable bonds is 9. The summed E-state index contributed by atoms with van der Waals surface area (Å²) >= 11 is 0. The van der Waals surface area contributed by atoms with Crippen LogP contribution >= 0.6 is 0 Å². The van der Waals surface area contributed by atoms with Gasteiger partial charge in [-0.25, -0.2) is 0 Å². The minimum Gasteiger partial charge on any atom is -0.369 e. The monoisotopic (exact) mass is 325 g/mol. The average molecular weight is 325 g/mol. The van der Waals surface area contributed by atoms with Crippen LogP contribution in [0, 0.1) is 5.92 Å². The van der Waals surface area contributed by atoms with Crippen molar-refractivity contribution >= 4 is 5.91 Å². The van der Waals surface area contributed by atoms with Gasteiger partial charge in [0.1, 0.15) is 0 Å². The van der Waals surface area contributed by atoms with Gasteiger partial charge in [0.05, 0.1) is 6.42 Å². The third-order valence-electron chi connectivity index (χ3n) is 3.90. The summed E-state index contributed by atoms with van der Waals surface area (Å²) < 4.78 is 0. The maximum Gasteiger partial charge on any atom is 0.221 e. The molecule has 0 saturated heterocycles. The predicted molar refractivity (Wildman–Crippen MR) is 97.5 cm³/mol. The topological polar surface area (TPSA) is 68.0 Å². The third-order valence-corrected chi connectivity index (χ3v) is 3.90. The lowest BCUT2D eigenvalue weighted by Gasteiger charge is -2.08. The Morgan fingerprint density at radius 3 is 2.33 bits per heavy atom. The van der Waals surface area contributed by atoms with Crippen LogP contribution in [0.5, 0.6) is 0 Å². The van der Waals surface area contributed by atoms with Crippen LogP contribution in [-0.2, 0) is 24.2 Å². The van der Waals surface area contributed by atoms with Crippen molar-refractivity contribution in [3.63, 3.8) is 0 Å². The number of aromatic nitrogens is 1. The molecule has 1 aromatic heterocycles. The number of nitrogens with two attached hydrogens (primary N) is 1. The second-order valence-electron chi connectivity index (χ2n) is 6.65. The van der Waals surface area contributed by atoms with Crippen LogP contribution in [0.15, 0.2) is 42.6 Å². The van der Waals surface area contributed by atoms with Crippen LogP contribution in [0.1, 0.15) is 42.7 Å². The number of pyridine rings is 1. The van der Waals surface area contributed by atoms with Gasteiger partial charge in [-0.2, -0.15) is 0 Å². The van der Waals surface area contributed by atoms with Crippen LogP contribution in [0.2, 0.25) is 0 Å². The molecule has 2 aromatic rings. The molecule has 1 amide bonds. The molecule has 0 aliphatic heterocycles. The number of nitrogens with one attached hydrogen (secondary N) is 1. The van der Waals surface area contributed by atoms with E-state index in [0.29, 0.717) is 0 Å². The van der Waals surface area contributed by atoms with Crippen LogP contribution in [0.25, 0.3) is 0 Å². The molecule has 0 saturated carbocycles. The first-order chi connectivity index (χ1) is 11.5. The second kappa shape index (κ2) is 9.18. The van der Waals surface area contributed by atoms with Gasteiger partial charge in [0.25, 0.3) is 0 Å². The van der Waals surface area contributed by atoms with Crippen molar-refractivity contribution < 1.29 is 4.79 Å². The van der Waals surface area contributed by atoms with Crippen molar-refractivity contribution in [1.29, 1.82) is 0 Å². The predicted octanol–water partition coefficient (Wildman–Crippen LogP) is 2.84. The van der Waals surface area contributed by atoms with Gasteiger partial charge in [0.15, 0.2) is 0 Å². The van der Waals surface area contributed by atoms with Gasteiger partial charge < -0.3 is 11.1 Å². The maximum absolute atomic E-state index is 10.9. The Hall–Kier alpha value is -2.20. The molecule has 4 heteroatoms. The van der Waals surface area contributed by atoms with Gasteiger partial charge in [-0.05, 0) is 41.6 Å². The van der Waals surface area contributed by atoms with Crippen LogP contribution < -0.4 is 11.1 Å². The van der Waals surface area contributed by atoms with Gasteiger partial charge in [0, 0.05) is 24.9 Å². The van der Waals surface area contributed by atoms with Crippen LogP contribution in [-0.4, -0.2) is 17.4 Å². The molecular weight excluding hydrogens is 298 g/mol. The average Bonchev–Trinajstić information content (AvgIpc) is 2.54. The summed E-state index contributed by atoms with van der Waals surface area (Å²) in [6, 6.07) is 12.5. The molecular formula is C20H27N3O. The lowest BCUT2D eigenvalue weighted by atomic mass is 10.1. The van der Waals surface area contributed by atoms with Crippen molar-refractivity contribution in [2.75, 3.05) is 6.54 Å². The highest BCUT2D eigenvalue weighted by Gasteiger charge is 2.02. The fourth-order valence-corrected chi connectivity index (χ4v) is 2.47. The Morgan fingerprint density at radius 2 is 1.75 bits per heavy atom. The van der Waals surface area contributed by atoms with Crippen molar-refractivity contribution in [2.45, 2.75) is 39.7 Å². The molecule has 24 heavy (non-hydrogen) atoms. The summed E-state index contributed by atoms with van der Waals surface area (Å²) in [4.78, 5) is 15.3. The smallest absolute Gasteiger partial charge is 0.221 e. The summed E-state index contributed by atoms with van der Waals surface area (Å²) in [7, 11) is 0. The molecule has 0 radical (unpaired) electrons. The minimum absolute atomic E-state index is 0.242. The molecule has 0 bridgehead atoms. The zero-order valence-corrected chi connectivity index (χ0v) is 14.6. The first-order valence-corrected chi connectivity index (χ1v) is 8.53. The number of benzene rings is 1. The first-order valence-electron chi connectivity index (χ1n) is 8.53. The molecule has 0 aliphatic carbocycles. The molecule has 128 valence electrons. The molecule has 0 aliphatic rings. The largest absolute Gasteiger partial charge is 0.369 e. The molecule has 2 rings (SSSR count). The number of amides is 1. The van der Waals surface area contributed by atoms with Gasteiger partial charge >= 0.3 is 0 Å². The van der Waals surface area contributed by atoms with E-state index in [2.05, 4.69) is 48.4 Å². The van der Waals surface area contributed by atoms with E-state index < -0.39 is 0 Å². The molecule has 3 N–H and O–H groups in total. The van der Waals surface area contributed by atoms with E-state index in [1.807, 2.05) is 12.1 Å². The lowest BCUT2D eigenvalue weighted by Crippen LogP contribution is -2.16. The maximum atomic E-state index is 10.9. The summed E-state index contributed by atoms with van der Waals surface area (Å²) in [5.41, 5.74) is 9.56. The highest BCUT2D eigenvalue weighted by Crippen LogP contribution is 2.10. The molecule has 0 fully saturated rings. The standard InChI is InChI=1S/C20H27N3O/c1-15(2)9-10-22-13-17-5-3-16(4-6-17)11-19-8-7-18(14-23-19)12-20(21)24/h3-8,14-15,22H,9-13H2,1-2H3,(H2,21,24). The van der Waals surface area contributed by atoms with Crippen LogP contribution in [0.4, 0.5) is 0 Å². The van der Waals surface area contributed by atoms with E-state index in [-0.39, 0.29) is 12.3 Å². The number of nitrogens with zero attached hydrogens (tertiary/aromatic N) is 1. The first kappa shape index (κ1) is 18.1. The molecule has 1 aromatic carbocycles. The zero-order valence-electron chi connectivity index (χ0n) is 14.6. The summed E-state index contributed by atoms with van der Waals surface area (Å²) in [6.07, 6.45) is 3.96. The SMILES string of the molecule is CC(C)CCNCc1ccc(Cc2ccc(CC(N)=O)cn2)cc1. The normalized spacial score (nSPS) is 11.0. The van der Waals surface area contributed by atoms with E-state index >= 15 is 0 Å². The Bertz CT molecular complexity index is 633. The Kier molecular flexibility index (Phi) is 6.94. The van der Waals surface area contributed by atoms with Gasteiger partial charge in [0.2, 0.25) is 5.91 Å². The molecule has 0 atom stereocenters. The summed E-state index contributed by atoms with van der Waals surface area (Å²) in [5, 5.41) is 3.47. The van der Waals surface area contributed by atoms with Crippen LogP contribution in [0.3, 0.4) is 0 Å². The highest BCUT2D eigenvalue weighted by molar-refractivity contribution is 5.76. The summed E-state index contributed by atoms with van der Waals surface area (Å²) in [6.45, 7) is 6.45. The minimum atomic E-state index is -0.331. The molecule has 0 spiro atoms. The highest BCUT2D eigenvalue weighted by atomic mass is 16.1. The number of hydrogen-bond acceptors (Lipinski definition) is 3. The van der Waals surface area contributed by atoms with Gasteiger partial charge in [-0.15, -0.1) is 0 Å². The van der Waals surface area contributed by atoms with E-state index in [4.69, 9.17) is 5.73 Å². The molecule has 4 nitrogen and oxygen atoms in total. The summed E-state index contributed by atoms with van der Waals surface area (Å²) in [5.74, 6) is 0.406. The lowest BCUT2D eigenvalue weighted by molar-refractivity contribution is -0.117. The third kappa shape index (κ3) is 6.50. The van der Waals surface area contributed by atoms with Crippen molar-refractivity contribution in [2.24, 2.45) is 11.7 Å². The molecule has 0 unspecified atom stereocenters. The number of carbonyl (C=O) groups excluding carboxylic acids is 1. The van der Waals surface area contributed by atoms with E-state index in [0.717, 1.165) is 36.7 Å². The fourth-order valence-electron chi connectivity index (χ4n) is 2.47. The number of carbonyl (C=O) groups is 1.